The third-order valence-corrected chi connectivity index (χ3v) is 6.76. The first kappa shape index (κ1) is 20.9. The summed E-state index contributed by atoms with van der Waals surface area (Å²) in [5.74, 6) is 1.08. The Hall–Kier alpha value is -2.32. The summed E-state index contributed by atoms with van der Waals surface area (Å²) in [7, 11) is 0. The summed E-state index contributed by atoms with van der Waals surface area (Å²) >= 11 is 1.39. The van der Waals surface area contributed by atoms with Gasteiger partial charge in [0.05, 0.1) is 12.1 Å². The van der Waals surface area contributed by atoms with Gasteiger partial charge in [-0.25, -0.2) is 4.98 Å². The fraction of sp³-hybridized carbons (Fsp3) is 0.545. The highest BCUT2D eigenvalue weighted by molar-refractivity contribution is 7.13. The number of carbonyl (C=O) groups is 2. The number of anilines is 1. The van der Waals surface area contributed by atoms with Crippen LogP contribution in [-0.2, 0) is 4.79 Å². The van der Waals surface area contributed by atoms with Crippen molar-refractivity contribution in [3.05, 3.63) is 41.2 Å². The highest BCUT2D eigenvalue weighted by Gasteiger charge is 2.27. The number of amides is 2. The van der Waals surface area contributed by atoms with Crippen LogP contribution in [0.5, 0.6) is 0 Å². The second kappa shape index (κ2) is 9.66. The van der Waals surface area contributed by atoms with Crippen LogP contribution in [0.2, 0.25) is 0 Å². The summed E-state index contributed by atoms with van der Waals surface area (Å²) in [6, 6.07) is 3.76. The second-order valence-electron chi connectivity index (χ2n) is 8.40. The molecule has 160 valence electrons. The van der Waals surface area contributed by atoms with E-state index in [1.807, 2.05) is 22.4 Å². The molecular weight excluding hydrogens is 398 g/mol. The zero-order valence-electron chi connectivity index (χ0n) is 17.4. The van der Waals surface area contributed by atoms with Crippen LogP contribution in [0.3, 0.4) is 0 Å². The summed E-state index contributed by atoms with van der Waals surface area (Å²) in [5, 5.41) is 5.18. The molecule has 8 heteroatoms. The molecule has 0 bridgehead atoms. The average Bonchev–Trinajstić information content (AvgIpc) is 3.27. The summed E-state index contributed by atoms with van der Waals surface area (Å²) < 4.78 is 0. The molecule has 2 fully saturated rings. The number of rotatable bonds is 5. The number of carbonyl (C=O) groups excluding carboxylic acids is 2. The fourth-order valence-corrected chi connectivity index (χ4v) is 4.91. The molecule has 0 saturated carbocycles. The van der Waals surface area contributed by atoms with Crippen LogP contribution >= 0.6 is 11.3 Å². The van der Waals surface area contributed by atoms with E-state index in [2.05, 4.69) is 27.1 Å². The number of piperidine rings is 2. The van der Waals surface area contributed by atoms with E-state index in [0.717, 1.165) is 44.7 Å². The third kappa shape index (κ3) is 5.23. The second-order valence-corrected chi connectivity index (χ2v) is 9.30. The van der Waals surface area contributed by atoms with Gasteiger partial charge >= 0.3 is 0 Å². The van der Waals surface area contributed by atoms with E-state index in [4.69, 9.17) is 0 Å². The molecule has 2 aromatic heterocycles. The molecule has 2 aromatic rings. The maximum absolute atomic E-state index is 12.7. The Morgan fingerprint density at radius 1 is 1.17 bits per heavy atom. The number of nitrogens with one attached hydrogen (secondary N) is 1. The van der Waals surface area contributed by atoms with Gasteiger partial charge in [0.1, 0.15) is 0 Å². The quantitative estimate of drug-likeness (QED) is 0.793. The molecule has 7 nitrogen and oxygen atoms in total. The van der Waals surface area contributed by atoms with Gasteiger partial charge in [0.15, 0.2) is 5.13 Å². The minimum Gasteiger partial charge on any atom is -0.342 e. The number of aromatic nitrogens is 2. The molecule has 2 amide bonds. The maximum atomic E-state index is 12.7. The van der Waals surface area contributed by atoms with E-state index < -0.39 is 0 Å². The molecule has 4 heterocycles. The highest BCUT2D eigenvalue weighted by Crippen LogP contribution is 2.27. The van der Waals surface area contributed by atoms with Gasteiger partial charge in [-0.3, -0.25) is 24.8 Å². The van der Waals surface area contributed by atoms with Crippen molar-refractivity contribution in [1.29, 1.82) is 0 Å². The molecule has 2 aliphatic rings. The Morgan fingerprint density at radius 2 is 2.00 bits per heavy atom. The number of hydrogen-bond acceptors (Lipinski definition) is 6. The molecule has 0 aromatic carbocycles. The first-order chi connectivity index (χ1) is 14.6. The van der Waals surface area contributed by atoms with E-state index in [1.165, 1.54) is 24.2 Å². The molecule has 4 rings (SSSR count). The zero-order chi connectivity index (χ0) is 20.9. The van der Waals surface area contributed by atoms with Gasteiger partial charge in [0.25, 0.3) is 5.91 Å². The summed E-state index contributed by atoms with van der Waals surface area (Å²) in [6.07, 6.45) is 7.59. The topological polar surface area (TPSA) is 78.4 Å². The SMILES string of the molecule is C[C@@H]1CCCN(CC(=O)N2CCC(c3ccc(C(=O)Nc4nccs4)cn3)CC2)C1. The number of pyridine rings is 1. The lowest BCUT2D eigenvalue weighted by atomic mass is 9.92. The highest BCUT2D eigenvalue weighted by atomic mass is 32.1. The van der Waals surface area contributed by atoms with E-state index in [1.54, 1.807) is 12.4 Å². The molecule has 0 spiro atoms. The Morgan fingerprint density at radius 3 is 2.67 bits per heavy atom. The van der Waals surface area contributed by atoms with Crippen LogP contribution < -0.4 is 5.32 Å². The third-order valence-electron chi connectivity index (χ3n) is 6.07. The lowest BCUT2D eigenvalue weighted by molar-refractivity contribution is -0.133. The van der Waals surface area contributed by atoms with Crippen LogP contribution in [0.15, 0.2) is 29.9 Å². The van der Waals surface area contributed by atoms with Crippen LogP contribution in [0.25, 0.3) is 0 Å². The smallest absolute Gasteiger partial charge is 0.259 e. The Labute approximate surface area is 181 Å². The number of hydrogen-bond donors (Lipinski definition) is 1. The Kier molecular flexibility index (Phi) is 6.74. The van der Waals surface area contributed by atoms with Crippen molar-refractivity contribution < 1.29 is 9.59 Å². The van der Waals surface area contributed by atoms with Gasteiger partial charge in [-0.2, -0.15) is 0 Å². The van der Waals surface area contributed by atoms with E-state index in [-0.39, 0.29) is 11.8 Å². The van der Waals surface area contributed by atoms with Crippen molar-refractivity contribution in [3.63, 3.8) is 0 Å². The lowest BCUT2D eigenvalue weighted by Gasteiger charge is -2.35. The monoisotopic (exact) mass is 427 g/mol. The van der Waals surface area contributed by atoms with Gasteiger partial charge in [0, 0.05) is 49.0 Å². The fourth-order valence-electron chi connectivity index (χ4n) is 4.38. The van der Waals surface area contributed by atoms with Crippen LogP contribution in [0.4, 0.5) is 5.13 Å². The molecule has 2 saturated heterocycles. The first-order valence-corrected chi connectivity index (χ1v) is 11.6. The van der Waals surface area contributed by atoms with E-state index in [0.29, 0.717) is 29.1 Å². The van der Waals surface area contributed by atoms with Crippen molar-refractivity contribution in [2.75, 3.05) is 38.0 Å². The van der Waals surface area contributed by atoms with Crippen molar-refractivity contribution in [3.8, 4) is 0 Å². The summed E-state index contributed by atoms with van der Waals surface area (Å²) in [6.45, 7) is 6.45. The zero-order valence-corrected chi connectivity index (χ0v) is 18.2. The van der Waals surface area contributed by atoms with Crippen molar-refractivity contribution in [1.82, 2.24) is 19.8 Å². The minimum absolute atomic E-state index is 0.198. The van der Waals surface area contributed by atoms with Crippen LogP contribution in [-0.4, -0.2) is 64.3 Å². The largest absolute Gasteiger partial charge is 0.342 e. The van der Waals surface area contributed by atoms with E-state index >= 15 is 0 Å². The molecule has 0 aliphatic carbocycles. The number of likely N-dealkylation sites (tertiary alicyclic amines) is 2. The van der Waals surface area contributed by atoms with E-state index in [9.17, 15) is 9.59 Å². The summed E-state index contributed by atoms with van der Waals surface area (Å²) in [4.78, 5) is 37.9. The van der Waals surface area contributed by atoms with Gasteiger partial charge in [-0.15, -0.1) is 11.3 Å². The maximum Gasteiger partial charge on any atom is 0.259 e. The standard InChI is InChI=1S/C22H29N5O2S/c1-16-3-2-9-26(14-16)15-20(28)27-10-6-17(7-11-27)19-5-4-18(13-24-19)21(29)25-22-23-8-12-30-22/h4-5,8,12-13,16-17H,2-3,6-7,9-11,14-15H2,1H3,(H,23,25,29)/t16-/m1/s1. The lowest BCUT2D eigenvalue weighted by Crippen LogP contribution is -2.46. The molecular formula is C22H29N5O2S. The molecule has 30 heavy (non-hydrogen) atoms. The van der Waals surface area contributed by atoms with Crippen molar-refractivity contribution in [2.24, 2.45) is 5.92 Å². The predicted octanol–water partition coefficient (Wildman–Crippen LogP) is 3.23. The normalized spacial score (nSPS) is 20.8. The minimum atomic E-state index is -0.198. The van der Waals surface area contributed by atoms with Gasteiger partial charge in [0.2, 0.25) is 5.91 Å². The average molecular weight is 428 g/mol. The molecule has 1 atom stereocenters. The van der Waals surface area contributed by atoms with Gasteiger partial charge in [-0.05, 0) is 50.3 Å². The van der Waals surface area contributed by atoms with Crippen LogP contribution in [0.1, 0.15) is 54.6 Å². The Bertz CT molecular complexity index is 847. The number of nitrogens with zero attached hydrogens (tertiary/aromatic N) is 4. The molecule has 0 unspecified atom stereocenters. The number of thiazole rings is 1. The molecule has 2 aliphatic heterocycles. The van der Waals surface area contributed by atoms with Crippen LogP contribution in [0, 0.1) is 5.92 Å². The van der Waals surface area contributed by atoms with Gasteiger partial charge in [-0.1, -0.05) is 6.92 Å². The Balaban J connectivity index is 1.26. The summed E-state index contributed by atoms with van der Waals surface area (Å²) in [5.41, 5.74) is 1.52. The molecule has 1 N–H and O–H groups in total. The molecule has 0 radical (unpaired) electrons. The van der Waals surface area contributed by atoms with Gasteiger partial charge < -0.3 is 4.90 Å². The van der Waals surface area contributed by atoms with Crippen molar-refractivity contribution in [2.45, 2.75) is 38.5 Å². The van der Waals surface area contributed by atoms with Crippen molar-refractivity contribution >= 4 is 28.3 Å². The predicted molar refractivity (Wildman–Crippen MR) is 118 cm³/mol. The first-order valence-electron chi connectivity index (χ1n) is 10.8.